The molecule has 0 bridgehead atoms. The molecule has 0 fully saturated rings. The van der Waals surface area contributed by atoms with Gasteiger partial charge in [-0.05, 0) is 28.1 Å². The summed E-state index contributed by atoms with van der Waals surface area (Å²) in [5.41, 5.74) is 0. The molecule has 2 aromatic rings. The Morgan fingerprint density at radius 2 is 1.78 bits per heavy atom. The van der Waals surface area contributed by atoms with Gasteiger partial charge in [-0.3, -0.25) is 0 Å². The average Bonchev–Trinajstić information content (AvgIpc) is 2.32. The molecular formula is C10H5BrF3N3O. The summed E-state index contributed by atoms with van der Waals surface area (Å²) in [5, 5.41) is 0. The van der Waals surface area contributed by atoms with E-state index in [9.17, 15) is 13.2 Å². The Morgan fingerprint density at radius 3 is 2.33 bits per heavy atom. The molecule has 0 aliphatic carbocycles. The van der Waals surface area contributed by atoms with Gasteiger partial charge in [0.1, 0.15) is 0 Å². The Hall–Kier alpha value is -1.70. The monoisotopic (exact) mass is 319 g/mol. The molecule has 0 unspecified atom stereocenters. The molecule has 0 atom stereocenters. The van der Waals surface area contributed by atoms with Crippen molar-refractivity contribution < 1.29 is 17.9 Å². The van der Waals surface area contributed by atoms with Gasteiger partial charge in [-0.2, -0.15) is 13.2 Å². The zero-order valence-corrected chi connectivity index (χ0v) is 10.2. The first-order valence-corrected chi connectivity index (χ1v) is 5.44. The third-order valence-corrected chi connectivity index (χ3v) is 2.42. The van der Waals surface area contributed by atoms with Crippen molar-refractivity contribution in [3.8, 4) is 11.6 Å². The lowest BCUT2D eigenvalue weighted by atomic mass is 10.5. The lowest BCUT2D eigenvalue weighted by Gasteiger charge is -2.07. The summed E-state index contributed by atoms with van der Waals surface area (Å²) in [6.07, 6.45) is -1.19. The Morgan fingerprint density at radius 1 is 1.11 bits per heavy atom. The van der Waals surface area contributed by atoms with Crippen molar-refractivity contribution in [2.24, 2.45) is 0 Å². The van der Waals surface area contributed by atoms with Crippen LogP contribution in [0.5, 0.6) is 11.6 Å². The second kappa shape index (κ2) is 4.89. The van der Waals surface area contributed by atoms with Crippen LogP contribution in [0.2, 0.25) is 0 Å². The lowest BCUT2D eigenvalue weighted by molar-refractivity contribution is -0.145. The molecule has 0 saturated carbocycles. The highest BCUT2D eigenvalue weighted by atomic mass is 79.9. The molecule has 8 heteroatoms. The molecule has 0 amide bonds. The maximum absolute atomic E-state index is 12.2. The van der Waals surface area contributed by atoms with E-state index >= 15 is 0 Å². The molecule has 2 aromatic heterocycles. The zero-order chi connectivity index (χ0) is 13.2. The van der Waals surface area contributed by atoms with Crippen molar-refractivity contribution in [1.29, 1.82) is 0 Å². The van der Waals surface area contributed by atoms with Gasteiger partial charge in [0.05, 0.1) is 16.9 Å². The number of ether oxygens (including phenoxy) is 1. The molecule has 0 radical (unpaired) electrons. The van der Waals surface area contributed by atoms with Gasteiger partial charge < -0.3 is 4.74 Å². The number of alkyl halides is 3. The minimum Gasteiger partial charge on any atom is -0.435 e. The van der Waals surface area contributed by atoms with Crippen molar-refractivity contribution in [1.82, 2.24) is 15.0 Å². The Kier molecular flexibility index (Phi) is 3.46. The first-order chi connectivity index (χ1) is 8.47. The van der Waals surface area contributed by atoms with Crippen LogP contribution >= 0.6 is 15.9 Å². The normalized spacial score (nSPS) is 11.3. The van der Waals surface area contributed by atoms with Crippen molar-refractivity contribution in [2.45, 2.75) is 6.18 Å². The van der Waals surface area contributed by atoms with E-state index in [2.05, 4.69) is 30.9 Å². The molecule has 18 heavy (non-hydrogen) atoms. The maximum atomic E-state index is 12.2. The number of hydrogen-bond acceptors (Lipinski definition) is 4. The highest BCUT2D eigenvalue weighted by Gasteiger charge is 2.34. The zero-order valence-electron chi connectivity index (χ0n) is 8.65. The second-order valence-corrected chi connectivity index (χ2v) is 3.99. The van der Waals surface area contributed by atoms with Crippen molar-refractivity contribution in [3.05, 3.63) is 41.0 Å². The number of pyridine rings is 1. The summed E-state index contributed by atoms with van der Waals surface area (Å²) in [6, 6.07) is 3.37. The van der Waals surface area contributed by atoms with Gasteiger partial charge in [-0.15, -0.1) is 0 Å². The summed E-state index contributed by atoms with van der Waals surface area (Å²) in [6.45, 7) is 0. The van der Waals surface area contributed by atoms with Crippen LogP contribution in [0.15, 0.2) is 35.2 Å². The highest BCUT2D eigenvalue weighted by molar-refractivity contribution is 9.10. The van der Waals surface area contributed by atoms with Crippen molar-refractivity contribution >= 4 is 15.9 Å². The van der Waals surface area contributed by atoms with Crippen LogP contribution in [0.1, 0.15) is 5.82 Å². The molecular weight excluding hydrogens is 315 g/mol. The van der Waals surface area contributed by atoms with Gasteiger partial charge in [0.25, 0.3) is 0 Å². The number of halogens is 4. The number of rotatable bonds is 2. The fourth-order valence-corrected chi connectivity index (χ4v) is 1.41. The average molecular weight is 320 g/mol. The van der Waals surface area contributed by atoms with E-state index in [0.29, 0.717) is 4.47 Å². The minimum atomic E-state index is -4.57. The summed E-state index contributed by atoms with van der Waals surface area (Å²) < 4.78 is 42.5. The molecule has 0 aliphatic rings. The van der Waals surface area contributed by atoms with Gasteiger partial charge in [0.2, 0.25) is 11.7 Å². The molecule has 2 rings (SSSR count). The Balaban J connectivity index is 2.19. The largest absolute Gasteiger partial charge is 0.451 e. The number of aromatic nitrogens is 3. The van der Waals surface area contributed by atoms with Crippen molar-refractivity contribution in [2.75, 3.05) is 0 Å². The predicted molar refractivity (Wildman–Crippen MR) is 59.0 cm³/mol. The van der Waals surface area contributed by atoms with E-state index in [1.807, 2.05) is 0 Å². The van der Waals surface area contributed by atoms with E-state index in [-0.39, 0.29) is 11.6 Å². The molecule has 4 nitrogen and oxygen atoms in total. The van der Waals surface area contributed by atoms with Gasteiger partial charge >= 0.3 is 6.18 Å². The summed E-state index contributed by atoms with van der Waals surface area (Å²) in [4.78, 5) is 10.2. The highest BCUT2D eigenvalue weighted by Crippen LogP contribution is 2.28. The smallest absolute Gasteiger partial charge is 0.435 e. The fraction of sp³-hybridized carbons (Fsp3) is 0.100. The minimum absolute atomic E-state index is 0.0717. The van der Waals surface area contributed by atoms with E-state index in [1.165, 1.54) is 6.20 Å². The molecule has 94 valence electrons. The van der Waals surface area contributed by atoms with E-state index in [1.54, 1.807) is 12.1 Å². The van der Waals surface area contributed by atoms with Gasteiger partial charge in [-0.25, -0.2) is 15.0 Å². The van der Waals surface area contributed by atoms with Crippen LogP contribution in [-0.4, -0.2) is 15.0 Å². The summed E-state index contributed by atoms with van der Waals surface area (Å²) in [5.74, 6) is -0.918. The predicted octanol–water partition coefficient (Wildman–Crippen LogP) is 3.45. The topological polar surface area (TPSA) is 47.9 Å². The first kappa shape index (κ1) is 12.7. The van der Waals surface area contributed by atoms with Crippen LogP contribution in [0.25, 0.3) is 0 Å². The molecule has 0 saturated heterocycles. The van der Waals surface area contributed by atoms with E-state index < -0.39 is 12.0 Å². The summed E-state index contributed by atoms with van der Waals surface area (Å²) in [7, 11) is 0. The van der Waals surface area contributed by atoms with Crippen LogP contribution in [-0.2, 0) is 6.18 Å². The van der Waals surface area contributed by atoms with Crippen LogP contribution in [0.3, 0.4) is 0 Å². The Bertz CT molecular complexity index is 545. The fourth-order valence-electron chi connectivity index (χ4n) is 1.07. The van der Waals surface area contributed by atoms with Gasteiger partial charge in [-0.1, -0.05) is 0 Å². The first-order valence-electron chi connectivity index (χ1n) is 4.64. The molecule has 2 heterocycles. The quantitative estimate of drug-likeness (QED) is 0.850. The maximum Gasteiger partial charge on any atom is 0.451 e. The second-order valence-electron chi connectivity index (χ2n) is 3.13. The third kappa shape index (κ3) is 2.95. The standard InChI is InChI=1S/C10H5BrF3N3O/c11-7-2-1-3-15-8(7)18-6-4-16-9(17-5-6)10(12,13)14/h1-5H. The Labute approximate surface area is 108 Å². The number of hydrogen-bond donors (Lipinski definition) is 0. The molecule has 0 aliphatic heterocycles. The van der Waals surface area contributed by atoms with Crippen molar-refractivity contribution in [3.63, 3.8) is 0 Å². The van der Waals surface area contributed by atoms with Crippen LogP contribution in [0.4, 0.5) is 13.2 Å². The summed E-state index contributed by atoms with van der Waals surface area (Å²) >= 11 is 3.19. The van der Waals surface area contributed by atoms with Gasteiger partial charge in [0.15, 0.2) is 5.75 Å². The molecule has 0 spiro atoms. The SMILES string of the molecule is FC(F)(F)c1ncc(Oc2ncccc2Br)cn1. The molecule has 0 aromatic carbocycles. The van der Waals surface area contributed by atoms with Crippen LogP contribution < -0.4 is 4.74 Å². The van der Waals surface area contributed by atoms with E-state index in [0.717, 1.165) is 12.4 Å². The van der Waals surface area contributed by atoms with Gasteiger partial charge in [0, 0.05) is 6.20 Å². The van der Waals surface area contributed by atoms with E-state index in [4.69, 9.17) is 4.74 Å². The lowest BCUT2D eigenvalue weighted by Crippen LogP contribution is -2.10. The van der Waals surface area contributed by atoms with Crippen LogP contribution in [0, 0.1) is 0 Å². The third-order valence-electron chi connectivity index (χ3n) is 1.82. The molecule has 0 N–H and O–H groups in total. The number of nitrogens with zero attached hydrogens (tertiary/aromatic N) is 3.